The van der Waals surface area contributed by atoms with Crippen molar-refractivity contribution in [1.82, 2.24) is 19.3 Å². The highest BCUT2D eigenvalue weighted by molar-refractivity contribution is 5.92. The molecule has 6 heteroatoms. The molecule has 3 heterocycles. The second-order valence-corrected chi connectivity index (χ2v) is 7.94. The van der Waals surface area contributed by atoms with Crippen LogP contribution < -0.4 is 5.73 Å². The number of piperidine rings is 1. The third-order valence-corrected chi connectivity index (χ3v) is 5.92. The molecule has 5 nitrogen and oxygen atoms in total. The van der Waals surface area contributed by atoms with Crippen molar-refractivity contribution in [3.63, 3.8) is 0 Å². The zero-order valence-electron chi connectivity index (χ0n) is 16.3. The van der Waals surface area contributed by atoms with Crippen LogP contribution in [0.1, 0.15) is 24.1 Å². The first-order chi connectivity index (χ1) is 14.2. The van der Waals surface area contributed by atoms with Gasteiger partial charge in [-0.3, -0.25) is 9.30 Å². The third-order valence-electron chi connectivity index (χ3n) is 5.92. The smallest absolute Gasteiger partial charge is 0.206 e. The highest BCUT2D eigenvalue weighted by Gasteiger charge is 2.21. The summed E-state index contributed by atoms with van der Waals surface area (Å²) in [4.78, 5) is 11.4. The number of hydrogen-bond acceptors (Lipinski definition) is 4. The second kappa shape index (κ2) is 7.44. The van der Waals surface area contributed by atoms with Crippen molar-refractivity contribution in [1.29, 1.82) is 0 Å². The standard InChI is InChI=1S/C23H24FN5/c24-20-8-4-7-19-21(20)27-23(25)29-15-18(26-22(19)29)14-28-11-9-17(10-12-28)13-16-5-2-1-3-6-16/h1-8,15,17H,9-14H2,(H2,25,27). The number of anilines is 1. The molecule has 1 fully saturated rings. The summed E-state index contributed by atoms with van der Waals surface area (Å²) in [6.45, 7) is 2.90. The predicted octanol–water partition coefficient (Wildman–Crippen LogP) is 4.06. The van der Waals surface area contributed by atoms with E-state index in [4.69, 9.17) is 10.7 Å². The van der Waals surface area contributed by atoms with Crippen molar-refractivity contribution in [2.24, 2.45) is 5.92 Å². The van der Waals surface area contributed by atoms with E-state index in [1.807, 2.05) is 12.3 Å². The number of nitrogens with two attached hydrogens (primary N) is 1. The van der Waals surface area contributed by atoms with E-state index in [-0.39, 0.29) is 17.3 Å². The molecule has 148 valence electrons. The molecular formula is C23H24FN5. The maximum Gasteiger partial charge on any atom is 0.206 e. The molecule has 0 radical (unpaired) electrons. The number of imidazole rings is 1. The number of benzene rings is 2. The maximum absolute atomic E-state index is 14.1. The normalized spacial score (nSPS) is 16.0. The van der Waals surface area contributed by atoms with Crippen LogP contribution in [0.25, 0.3) is 16.6 Å². The Morgan fingerprint density at radius 1 is 1.00 bits per heavy atom. The zero-order chi connectivity index (χ0) is 19.8. The number of likely N-dealkylation sites (tertiary alicyclic amines) is 1. The van der Waals surface area contributed by atoms with Gasteiger partial charge >= 0.3 is 0 Å². The Balaban J connectivity index is 1.31. The molecule has 0 aliphatic carbocycles. The number of halogens is 1. The number of para-hydroxylation sites is 1. The van der Waals surface area contributed by atoms with Crippen LogP contribution in [0.3, 0.4) is 0 Å². The van der Waals surface area contributed by atoms with Crippen LogP contribution in [0.4, 0.5) is 10.3 Å². The van der Waals surface area contributed by atoms with E-state index in [2.05, 4.69) is 40.2 Å². The molecule has 0 saturated carbocycles. The second-order valence-electron chi connectivity index (χ2n) is 7.94. The van der Waals surface area contributed by atoms with Gasteiger partial charge in [0.1, 0.15) is 17.0 Å². The minimum atomic E-state index is -0.373. The van der Waals surface area contributed by atoms with Crippen molar-refractivity contribution in [2.45, 2.75) is 25.8 Å². The first kappa shape index (κ1) is 18.1. The molecule has 0 unspecified atom stereocenters. The SMILES string of the molecule is Nc1nc2c(F)cccc2c2nc(CN3CCC(Cc4ccccc4)CC3)cn12. The molecule has 2 aromatic heterocycles. The molecule has 2 aromatic carbocycles. The summed E-state index contributed by atoms with van der Waals surface area (Å²) in [5.41, 5.74) is 9.37. The zero-order valence-corrected chi connectivity index (χ0v) is 16.3. The van der Waals surface area contributed by atoms with Gasteiger partial charge in [0, 0.05) is 18.1 Å². The molecule has 4 aromatic rings. The van der Waals surface area contributed by atoms with Crippen LogP contribution in [0.2, 0.25) is 0 Å². The lowest BCUT2D eigenvalue weighted by molar-refractivity contribution is 0.175. The molecule has 0 spiro atoms. The molecule has 29 heavy (non-hydrogen) atoms. The fourth-order valence-electron chi connectivity index (χ4n) is 4.37. The molecule has 1 aliphatic rings. The van der Waals surface area contributed by atoms with Gasteiger partial charge in [0.15, 0.2) is 0 Å². The number of nitrogens with zero attached hydrogens (tertiary/aromatic N) is 4. The van der Waals surface area contributed by atoms with E-state index >= 15 is 0 Å². The molecule has 2 N–H and O–H groups in total. The molecular weight excluding hydrogens is 365 g/mol. The summed E-state index contributed by atoms with van der Waals surface area (Å²) in [5, 5.41) is 0.687. The van der Waals surface area contributed by atoms with Gasteiger partial charge in [-0.15, -0.1) is 0 Å². The predicted molar refractivity (Wildman–Crippen MR) is 113 cm³/mol. The Morgan fingerprint density at radius 3 is 2.59 bits per heavy atom. The Bertz CT molecular complexity index is 1150. The quantitative estimate of drug-likeness (QED) is 0.572. The lowest BCUT2D eigenvalue weighted by Gasteiger charge is -2.31. The minimum Gasteiger partial charge on any atom is -0.369 e. The van der Waals surface area contributed by atoms with Crippen molar-refractivity contribution in [3.05, 3.63) is 71.8 Å². The first-order valence-corrected chi connectivity index (χ1v) is 10.2. The molecule has 5 rings (SSSR count). The summed E-state index contributed by atoms with van der Waals surface area (Å²) in [7, 11) is 0. The van der Waals surface area contributed by atoms with Crippen LogP contribution >= 0.6 is 0 Å². The Labute approximate surface area is 169 Å². The summed E-state index contributed by atoms with van der Waals surface area (Å²) in [6, 6.07) is 15.7. The summed E-state index contributed by atoms with van der Waals surface area (Å²) in [5.74, 6) is 0.626. The van der Waals surface area contributed by atoms with Crippen molar-refractivity contribution in [2.75, 3.05) is 18.8 Å². The third kappa shape index (κ3) is 3.56. The summed E-state index contributed by atoms with van der Waals surface area (Å²) in [6.07, 6.45) is 5.47. The highest BCUT2D eigenvalue weighted by Crippen LogP contribution is 2.25. The highest BCUT2D eigenvalue weighted by atomic mass is 19.1. The van der Waals surface area contributed by atoms with Gasteiger partial charge in [-0.05, 0) is 56.0 Å². The minimum absolute atomic E-state index is 0.262. The fourth-order valence-corrected chi connectivity index (χ4v) is 4.37. The van der Waals surface area contributed by atoms with E-state index < -0.39 is 0 Å². The Morgan fingerprint density at radius 2 is 1.79 bits per heavy atom. The summed E-state index contributed by atoms with van der Waals surface area (Å²) >= 11 is 0. The van der Waals surface area contributed by atoms with Crippen LogP contribution in [0.5, 0.6) is 0 Å². The van der Waals surface area contributed by atoms with Gasteiger partial charge in [-0.25, -0.2) is 14.4 Å². The van der Waals surface area contributed by atoms with E-state index in [0.717, 1.165) is 37.7 Å². The van der Waals surface area contributed by atoms with Crippen molar-refractivity contribution in [3.8, 4) is 0 Å². The van der Waals surface area contributed by atoms with Gasteiger partial charge < -0.3 is 5.73 Å². The van der Waals surface area contributed by atoms with Crippen LogP contribution in [0.15, 0.2) is 54.7 Å². The van der Waals surface area contributed by atoms with E-state index in [9.17, 15) is 4.39 Å². The number of nitrogen functional groups attached to an aromatic ring is 1. The van der Waals surface area contributed by atoms with Crippen LogP contribution in [0, 0.1) is 11.7 Å². The fraction of sp³-hybridized carbons (Fsp3) is 0.304. The summed E-state index contributed by atoms with van der Waals surface area (Å²) < 4.78 is 15.9. The van der Waals surface area contributed by atoms with Crippen LogP contribution in [-0.2, 0) is 13.0 Å². The van der Waals surface area contributed by atoms with Gasteiger partial charge in [-0.1, -0.05) is 36.4 Å². The topological polar surface area (TPSA) is 59.5 Å². The maximum atomic E-state index is 14.1. The largest absolute Gasteiger partial charge is 0.369 e. The molecule has 0 atom stereocenters. The van der Waals surface area contributed by atoms with Crippen molar-refractivity contribution < 1.29 is 4.39 Å². The molecule has 1 aliphatic heterocycles. The average Bonchev–Trinajstić information content (AvgIpc) is 3.16. The van der Waals surface area contributed by atoms with Gasteiger partial charge in [0.05, 0.1) is 5.69 Å². The number of fused-ring (bicyclic) bond motifs is 3. The lowest BCUT2D eigenvalue weighted by Crippen LogP contribution is -2.33. The van der Waals surface area contributed by atoms with Gasteiger partial charge in [0.25, 0.3) is 0 Å². The first-order valence-electron chi connectivity index (χ1n) is 10.2. The number of hydrogen-bond donors (Lipinski definition) is 1. The van der Waals surface area contributed by atoms with Crippen LogP contribution in [-0.4, -0.2) is 32.4 Å². The lowest BCUT2D eigenvalue weighted by atomic mass is 9.90. The Kier molecular flexibility index (Phi) is 4.64. The molecule has 1 saturated heterocycles. The van der Waals surface area contributed by atoms with Gasteiger partial charge in [0.2, 0.25) is 5.95 Å². The van der Waals surface area contributed by atoms with Crippen molar-refractivity contribution >= 4 is 22.5 Å². The van der Waals surface area contributed by atoms with E-state index in [0.29, 0.717) is 11.0 Å². The number of rotatable bonds is 4. The monoisotopic (exact) mass is 389 g/mol. The van der Waals surface area contributed by atoms with Gasteiger partial charge in [-0.2, -0.15) is 0 Å². The Hall–Kier alpha value is -2.99. The van der Waals surface area contributed by atoms with E-state index in [1.54, 1.807) is 10.5 Å². The molecule has 0 amide bonds. The van der Waals surface area contributed by atoms with E-state index in [1.165, 1.54) is 24.5 Å². The average molecular weight is 389 g/mol. The number of aromatic nitrogens is 3. The molecule has 0 bridgehead atoms.